The summed E-state index contributed by atoms with van der Waals surface area (Å²) >= 11 is 0. The number of methoxy groups -OCH3 is 1. The number of fused-ring (bicyclic) bond motifs is 1. The minimum absolute atomic E-state index is 0.111. The van der Waals surface area contributed by atoms with Crippen LogP contribution in [0.25, 0.3) is 0 Å². The van der Waals surface area contributed by atoms with Gasteiger partial charge in [-0.25, -0.2) is 8.78 Å². The highest BCUT2D eigenvalue weighted by Gasteiger charge is 2.43. The Morgan fingerprint density at radius 3 is 2.24 bits per heavy atom. The van der Waals surface area contributed by atoms with Gasteiger partial charge in [-0.1, -0.05) is 13.5 Å². The fourth-order valence-corrected chi connectivity index (χ4v) is 3.11. The average Bonchev–Trinajstić information content (AvgIpc) is 2.78. The molecule has 1 aromatic rings. The standard InChI is InChI=1S/C17H20F2O2/c1-4-5-16(20)17(8-11(2)21-3)9-12-6-14(18)15(19)7-13(12)10-17/h6-7H,2,4-5,8-10H2,1,3H3. The highest BCUT2D eigenvalue weighted by Crippen LogP contribution is 2.43. The second kappa shape index (κ2) is 5.96. The van der Waals surface area contributed by atoms with E-state index in [1.807, 2.05) is 6.92 Å². The fraction of sp³-hybridized carbons (Fsp3) is 0.471. The summed E-state index contributed by atoms with van der Waals surface area (Å²) in [6, 6.07) is 2.42. The van der Waals surface area contributed by atoms with Gasteiger partial charge in [0.05, 0.1) is 12.9 Å². The molecule has 0 spiro atoms. The van der Waals surface area contributed by atoms with Crippen LogP contribution in [-0.2, 0) is 22.4 Å². The van der Waals surface area contributed by atoms with Gasteiger partial charge in [-0.2, -0.15) is 0 Å². The highest BCUT2D eigenvalue weighted by molar-refractivity contribution is 5.86. The Bertz CT molecular complexity index is 547. The zero-order chi connectivity index (χ0) is 15.6. The molecule has 0 aliphatic heterocycles. The summed E-state index contributed by atoms with van der Waals surface area (Å²) < 4.78 is 31.9. The van der Waals surface area contributed by atoms with Crippen LogP contribution in [0.4, 0.5) is 8.78 Å². The number of benzene rings is 1. The van der Waals surface area contributed by atoms with Crippen LogP contribution in [0.5, 0.6) is 0 Å². The Morgan fingerprint density at radius 1 is 1.29 bits per heavy atom. The third-order valence-electron chi connectivity index (χ3n) is 4.19. The Hall–Kier alpha value is -1.71. The second-order valence-corrected chi connectivity index (χ2v) is 5.76. The molecule has 114 valence electrons. The number of carbonyl (C=O) groups excluding carboxylic acids is 1. The van der Waals surface area contributed by atoms with Gasteiger partial charge in [0, 0.05) is 18.3 Å². The zero-order valence-corrected chi connectivity index (χ0v) is 12.5. The SMILES string of the molecule is C=C(CC1(C(=O)CCC)Cc2cc(F)c(F)cc2C1)OC. The lowest BCUT2D eigenvalue weighted by Gasteiger charge is -2.28. The van der Waals surface area contributed by atoms with Crippen LogP contribution < -0.4 is 0 Å². The van der Waals surface area contributed by atoms with Crippen molar-refractivity contribution < 1.29 is 18.3 Å². The van der Waals surface area contributed by atoms with E-state index in [2.05, 4.69) is 6.58 Å². The third-order valence-corrected chi connectivity index (χ3v) is 4.19. The van der Waals surface area contributed by atoms with E-state index >= 15 is 0 Å². The van der Waals surface area contributed by atoms with Gasteiger partial charge >= 0.3 is 0 Å². The molecule has 1 aliphatic rings. The number of carbonyl (C=O) groups is 1. The lowest BCUT2D eigenvalue weighted by atomic mass is 9.75. The Morgan fingerprint density at radius 2 is 1.81 bits per heavy atom. The number of ether oxygens (including phenoxy) is 1. The quantitative estimate of drug-likeness (QED) is 0.742. The van der Waals surface area contributed by atoms with E-state index in [4.69, 9.17) is 4.74 Å². The van der Waals surface area contributed by atoms with Crippen molar-refractivity contribution in [2.75, 3.05) is 7.11 Å². The topological polar surface area (TPSA) is 26.3 Å². The molecule has 0 fully saturated rings. The summed E-state index contributed by atoms with van der Waals surface area (Å²) in [6.07, 6.45) is 2.43. The first-order valence-corrected chi connectivity index (χ1v) is 7.13. The molecule has 2 rings (SSSR count). The van der Waals surface area contributed by atoms with Gasteiger partial charge in [-0.15, -0.1) is 0 Å². The molecule has 0 saturated heterocycles. The molecule has 21 heavy (non-hydrogen) atoms. The first-order valence-electron chi connectivity index (χ1n) is 7.13. The molecule has 0 heterocycles. The van der Waals surface area contributed by atoms with E-state index < -0.39 is 17.0 Å². The molecule has 0 aromatic heterocycles. The molecule has 0 atom stereocenters. The van der Waals surface area contributed by atoms with Crippen molar-refractivity contribution in [3.8, 4) is 0 Å². The highest BCUT2D eigenvalue weighted by atomic mass is 19.2. The van der Waals surface area contributed by atoms with Crippen molar-refractivity contribution >= 4 is 5.78 Å². The normalized spacial score (nSPS) is 15.6. The summed E-state index contributed by atoms with van der Waals surface area (Å²) in [5.41, 5.74) is 0.746. The molecule has 0 unspecified atom stereocenters. The van der Waals surface area contributed by atoms with Crippen molar-refractivity contribution in [2.45, 2.75) is 39.0 Å². The van der Waals surface area contributed by atoms with Gasteiger partial charge in [0.25, 0.3) is 0 Å². The van der Waals surface area contributed by atoms with E-state index in [0.29, 0.717) is 42.6 Å². The molecule has 0 amide bonds. The van der Waals surface area contributed by atoms with Crippen LogP contribution in [0.15, 0.2) is 24.5 Å². The molecule has 4 heteroatoms. The molecule has 1 aromatic carbocycles. The van der Waals surface area contributed by atoms with E-state index in [-0.39, 0.29) is 5.78 Å². The molecule has 1 aliphatic carbocycles. The number of hydrogen-bond acceptors (Lipinski definition) is 2. The van der Waals surface area contributed by atoms with Crippen LogP contribution in [0.2, 0.25) is 0 Å². The van der Waals surface area contributed by atoms with E-state index in [1.165, 1.54) is 19.2 Å². The fourth-order valence-electron chi connectivity index (χ4n) is 3.11. The molecule has 0 bridgehead atoms. The maximum absolute atomic E-state index is 13.4. The van der Waals surface area contributed by atoms with Gasteiger partial charge in [0.15, 0.2) is 11.6 Å². The second-order valence-electron chi connectivity index (χ2n) is 5.76. The third kappa shape index (κ3) is 2.99. The molecule has 2 nitrogen and oxygen atoms in total. The van der Waals surface area contributed by atoms with E-state index in [9.17, 15) is 13.6 Å². The predicted molar refractivity (Wildman–Crippen MR) is 76.9 cm³/mol. The Kier molecular flexibility index (Phi) is 4.45. The molecule has 0 saturated carbocycles. The molecule has 0 radical (unpaired) electrons. The first-order chi connectivity index (χ1) is 9.91. The summed E-state index contributed by atoms with van der Waals surface area (Å²) in [6.45, 7) is 5.74. The van der Waals surface area contributed by atoms with Gasteiger partial charge in [-0.3, -0.25) is 4.79 Å². The number of hydrogen-bond donors (Lipinski definition) is 0. The monoisotopic (exact) mass is 294 g/mol. The van der Waals surface area contributed by atoms with Crippen molar-refractivity contribution in [1.29, 1.82) is 0 Å². The number of rotatable bonds is 6. The van der Waals surface area contributed by atoms with Crippen molar-refractivity contribution in [3.63, 3.8) is 0 Å². The summed E-state index contributed by atoms with van der Waals surface area (Å²) in [4.78, 5) is 12.6. The van der Waals surface area contributed by atoms with Gasteiger partial charge in [-0.05, 0) is 42.5 Å². The van der Waals surface area contributed by atoms with Gasteiger partial charge < -0.3 is 4.74 Å². The number of halogens is 2. The zero-order valence-electron chi connectivity index (χ0n) is 12.5. The van der Waals surface area contributed by atoms with Gasteiger partial charge in [0.1, 0.15) is 5.78 Å². The van der Waals surface area contributed by atoms with E-state index in [1.54, 1.807) is 0 Å². The van der Waals surface area contributed by atoms with Crippen LogP contribution >= 0.6 is 0 Å². The summed E-state index contributed by atoms with van der Waals surface area (Å²) in [5, 5.41) is 0. The molecular weight excluding hydrogens is 274 g/mol. The number of Topliss-reactive ketones (excluding diaryl/α,β-unsaturated/α-hetero) is 1. The minimum atomic E-state index is -0.863. The molecule has 0 N–H and O–H groups in total. The predicted octanol–water partition coefficient (Wildman–Crippen LogP) is 3.97. The minimum Gasteiger partial charge on any atom is -0.502 e. The lowest BCUT2D eigenvalue weighted by Crippen LogP contribution is -2.32. The Balaban J connectivity index is 2.36. The number of ketones is 1. The Labute approximate surface area is 123 Å². The van der Waals surface area contributed by atoms with Crippen molar-refractivity contribution in [3.05, 3.63) is 47.2 Å². The maximum Gasteiger partial charge on any atom is 0.159 e. The maximum atomic E-state index is 13.4. The smallest absolute Gasteiger partial charge is 0.159 e. The summed E-state index contributed by atoms with van der Waals surface area (Å²) in [7, 11) is 1.52. The van der Waals surface area contributed by atoms with E-state index in [0.717, 1.165) is 6.42 Å². The average molecular weight is 294 g/mol. The lowest BCUT2D eigenvalue weighted by molar-refractivity contribution is -0.128. The number of allylic oxidation sites excluding steroid dienone is 1. The van der Waals surface area contributed by atoms with Crippen molar-refractivity contribution in [2.24, 2.45) is 5.41 Å². The first kappa shape index (κ1) is 15.7. The summed E-state index contributed by atoms with van der Waals surface area (Å²) in [5.74, 6) is -1.09. The van der Waals surface area contributed by atoms with Crippen molar-refractivity contribution in [1.82, 2.24) is 0 Å². The van der Waals surface area contributed by atoms with Gasteiger partial charge in [0.2, 0.25) is 0 Å². The van der Waals surface area contributed by atoms with Crippen LogP contribution in [0, 0.1) is 17.0 Å². The largest absolute Gasteiger partial charge is 0.502 e. The van der Waals surface area contributed by atoms with Crippen LogP contribution in [0.1, 0.15) is 37.3 Å². The van der Waals surface area contributed by atoms with Crippen LogP contribution in [0.3, 0.4) is 0 Å². The molecular formula is C17H20F2O2. The van der Waals surface area contributed by atoms with Crippen LogP contribution in [-0.4, -0.2) is 12.9 Å².